The van der Waals surface area contributed by atoms with E-state index >= 15 is 0 Å². The van der Waals surface area contributed by atoms with E-state index in [2.05, 4.69) is 5.32 Å². The number of hydrogen-bond donors (Lipinski definition) is 3. The van der Waals surface area contributed by atoms with Gasteiger partial charge in [-0.1, -0.05) is 0 Å². The molecule has 0 spiro atoms. The zero-order chi connectivity index (χ0) is 14.2. The monoisotopic (exact) mass is 269 g/mol. The Morgan fingerprint density at radius 1 is 1.42 bits per heavy atom. The van der Waals surface area contributed by atoms with Crippen LogP contribution in [0.5, 0.6) is 0 Å². The second-order valence-corrected chi connectivity index (χ2v) is 5.70. The standard InChI is InChI=1S/C12H19N3O4/c1-12(10(13)18)4-5-15(6-12)11(19)14-8(9(16)17)7-2-3-7/h7-8H,2-6H2,1H3,(H2,13,18)(H,14,19)(H,16,17). The minimum absolute atomic E-state index is 0.0339. The normalized spacial score (nSPS) is 27.9. The van der Waals surface area contributed by atoms with Gasteiger partial charge in [0.15, 0.2) is 0 Å². The Bertz CT molecular complexity index is 421. The number of aliphatic carboxylic acids is 1. The lowest BCUT2D eigenvalue weighted by Crippen LogP contribution is -2.49. The van der Waals surface area contributed by atoms with Crippen LogP contribution in [0.1, 0.15) is 26.2 Å². The largest absolute Gasteiger partial charge is 0.480 e. The van der Waals surface area contributed by atoms with Crippen LogP contribution in [0.2, 0.25) is 0 Å². The Morgan fingerprint density at radius 2 is 2.05 bits per heavy atom. The van der Waals surface area contributed by atoms with Gasteiger partial charge in [-0.05, 0) is 32.1 Å². The lowest BCUT2D eigenvalue weighted by atomic mass is 9.89. The number of nitrogens with one attached hydrogen (secondary N) is 1. The first kappa shape index (κ1) is 13.6. The van der Waals surface area contributed by atoms with E-state index in [-0.39, 0.29) is 12.5 Å². The molecule has 1 aliphatic carbocycles. The molecule has 7 nitrogen and oxygen atoms in total. The summed E-state index contributed by atoms with van der Waals surface area (Å²) in [7, 11) is 0. The van der Waals surface area contributed by atoms with Gasteiger partial charge in [0.05, 0.1) is 5.41 Å². The first-order chi connectivity index (χ1) is 8.83. The topological polar surface area (TPSA) is 113 Å². The Hall–Kier alpha value is -1.79. The molecule has 4 N–H and O–H groups in total. The summed E-state index contributed by atoms with van der Waals surface area (Å²) < 4.78 is 0. The molecule has 1 saturated heterocycles. The third kappa shape index (κ3) is 2.80. The minimum atomic E-state index is -1.01. The predicted octanol–water partition coefficient (Wildman–Crippen LogP) is -0.243. The molecule has 0 radical (unpaired) electrons. The van der Waals surface area contributed by atoms with Gasteiger partial charge < -0.3 is 21.1 Å². The smallest absolute Gasteiger partial charge is 0.326 e. The highest BCUT2D eigenvalue weighted by Gasteiger charge is 2.43. The first-order valence-corrected chi connectivity index (χ1v) is 6.42. The third-order valence-corrected chi connectivity index (χ3v) is 3.99. The van der Waals surface area contributed by atoms with Crippen molar-refractivity contribution in [1.82, 2.24) is 10.2 Å². The predicted molar refractivity (Wildman–Crippen MR) is 66.2 cm³/mol. The molecule has 0 bridgehead atoms. The molecule has 7 heteroatoms. The highest BCUT2D eigenvalue weighted by molar-refractivity contribution is 5.85. The van der Waals surface area contributed by atoms with Crippen molar-refractivity contribution in [3.8, 4) is 0 Å². The van der Waals surface area contributed by atoms with Gasteiger partial charge in [0.2, 0.25) is 5.91 Å². The summed E-state index contributed by atoms with van der Waals surface area (Å²) in [6.45, 7) is 2.38. The summed E-state index contributed by atoms with van der Waals surface area (Å²) >= 11 is 0. The number of likely N-dealkylation sites (tertiary alicyclic amines) is 1. The van der Waals surface area contributed by atoms with Crippen molar-refractivity contribution in [2.45, 2.75) is 32.2 Å². The van der Waals surface area contributed by atoms with Gasteiger partial charge in [-0.25, -0.2) is 9.59 Å². The molecular formula is C12H19N3O4. The van der Waals surface area contributed by atoms with Gasteiger partial charge >= 0.3 is 12.0 Å². The first-order valence-electron chi connectivity index (χ1n) is 6.42. The Labute approximate surface area is 111 Å². The van der Waals surface area contributed by atoms with E-state index in [9.17, 15) is 14.4 Å². The van der Waals surface area contributed by atoms with Crippen molar-refractivity contribution in [1.29, 1.82) is 0 Å². The number of carboxylic acid groups (broad SMARTS) is 1. The molecular weight excluding hydrogens is 250 g/mol. The van der Waals surface area contributed by atoms with E-state index in [1.807, 2.05) is 0 Å². The molecule has 2 atom stereocenters. The number of carboxylic acids is 1. The van der Waals surface area contributed by atoms with Crippen molar-refractivity contribution in [2.24, 2.45) is 17.1 Å². The highest BCUT2D eigenvalue weighted by atomic mass is 16.4. The van der Waals surface area contributed by atoms with E-state index in [1.54, 1.807) is 6.92 Å². The number of nitrogens with two attached hydrogens (primary N) is 1. The van der Waals surface area contributed by atoms with Crippen LogP contribution in [0, 0.1) is 11.3 Å². The lowest BCUT2D eigenvalue weighted by molar-refractivity contribution is -0.139. The summed E-state index contributed by atoms with van der Waals surface area (Å²) in [5.74, 6) is -1.40. The Kier molecular flexibility index (Phi) is 3.38. The zero-order valence-corrected chi connectivity index (χ0v) is 10.9. The van der Waals surface area contributed by atoms with E-state index in [0.717, 1.165) is 12.8 Å². The number of hydrogen-bond acceptors (Lipinski definition) is 3. The summed E-state index contributed by atoms with van der Waals surface area (Å²) in [4.78, 5) is 35.8. The number of urea groups is 1. The van der Waals surface area contributed by atoms with Crippen LogP contribution in [0.3, 0.4) is 0 Å². The SMILES string of the molecule is CC1(C(N)=O)CCN(C(=O)NC(C(=O)O)C2CC2)C1. The van der Waals surface area contributed by atoms with Crippen LogP contribution in [-0.4, -0.2) is 47.0 Å². The molecule has 2 rings (SSSR count). The number of nitrogens with zero attached hydrogens (tertiary/aromatic N) is 1. The van der Waals surface area contributed by atoms with Crippen molar-refractivity contribution in [3.63, 3.8) is 0 Å². The maximum absolute atomic E-state index is 12.0. The molecule has 2 aliphatic rings. The van der Waals surface area contributed by atoms with Gasteiger partial charge in [-0.2, -0.15) is 0 Å². The summed E-state index contributed by atoms with van der Waals surface area (Å²) in [5.41, 5.74) is 4.60. The summed E-state index contributed by atoms with van der Waals surface area (Å²) in [6.07, 6.45) is 2.17. The van der Waals surface area contributed by atoms with E-state index in [4.69, 9.17) is 10.8 Å². The van der Waals surface area contributed by atoms with Crippen molar-refractivity contribution in [2.75, 3.05) is 13.1 Å². The van der Waals surface area contributed by atoms with E-state index in [0.29, 0.717) is 13.0 Å². The van der Waals surface area contributed by atoms with Gasteiger partial charge in [-0.3, -0.25) is 4.79 Å². The van der Waals surface area contributed by atoms with Crippen molar-refractivity contribution < 1.29 is 19.5 Å². The van der Waals surface area contributed by atoms with Gasteiger partial charge in [0, 0.05) is 13.1 Å². The fourth-order valence-electron chi connectivity index (χ4n) is 2.37. The van der Waals surface area contributed by atoms with Crippen LogP contribution in [-0.2, 0) is 9.59 Å². The number of carbonyl (C=O) groups is 3. The van der Waals surface area contributed by atoms with Crippen molar-refractivity contribution >= 4 is 17.9 Å². The highest BCUT2D eigenvalue weighted by Crippen LogP contribution is 2.33. The third-order valence-electron chi connectivity index (χ3n) is 3.99. The summed E-state index contributed by atoms with van der Waals surface area (Å²) in [6, 6.07) is -1.25. The van der Waals surface area contributed by atoms with Gasteiger partial charge in [0.1, 0.15) is 6.04 Å². The van der Waals surface area contributed by atoms with Crippen molar-refractivity contribution in [3.05, 3.63) is 0 Å². The maximum atomic E-state index is 12.0. The molecule has 1 saturated carbocycles. The fourth-order valence-corrected chi connectivity index (χ4v) is 2.37. The number of rotatable bonds is 4. The molecule has 19 heavy (non-hydrogen) atoms. The quantitative estimate of drug-likeness (QED) is 0.653. The molecule has 0 aromatic carbocycles. The zero-order valence-electron chi connectivity index (χ0n) is 10.9. The molecule has 1 aliphatic heterocycles. The average Bonchev–Trinajstić information content (AvgIpc) is 3.07. The van der Waals surface area contributed by atoms with Gasteiger partial charge in [0.25, 0.3) is 0 Å². The molecule has 0 aromatic rings. The molecule has 106 valence electrons. The summed E-state index contributed by atoms with van der Waals surface area (Å²) in [5, 5.41) is 11.6. The lowest BCUT2D eigenvalue weighted by Gasteiger charge is -2.23. The minimum Gasteiger partial charge on any atom is -0.480 e. The van der Waals surface area contributed by atoms with Crippen LogP contribution in [0.4, 0.5) is 4.79 Å². The van der Waals surface area contributed by atoms with E-state index in [1.165, 1.54) is 4.90 Å². The second kappa shape index (κ2) is 4.71. The number of carbonyl (C=O) groups excluding carboxylic acids is 2. The van der Waals surface area contributed by atoms with E-state index < -0.39 is 29.4 Å². The Balaban J connectivity index is 1.94. The number of amides is 3. The van der Waals surface area contributed by atoms with Crippen LogP contribution < -0.4 is 11.1 Å². The molecule has 0 aromatic heterocycles. The fraction of sp³-hybridized carbons (Fsp3) is 0.750. The van der Waals surface area contributed by atoms with Crippen LogP contribution in [0.15, 0.2) is 0 Å². The maximum Gasteiger partial charge on any atom is 0.326 e. The Morgan fingerprint density at radius 3 is 2.47 bits per heavy atom. The average molecular weight is 269 g/mol. The molecule has 2 unspecified atom stereocenters. The van der Waals surface area contributed by atoms with Crippen LogP contribution >= 0.6 is 0 Å². The van der Waals surface area contributed by atoms with Gasteiger partial charge in [-0.15, -0.1) is 0 Å². The second-order valence-electron chi connectivity index (χ2n) is 5.70. The molecule has 1 heterocycles. The molecule has 3 amide bonds. The van der Waals surface area contributed by atoms with Crippen LogP contribution in [0.25, 0.3) is 0 Å². The molecule has 2 fully saturated rings. The number of primary amides is 1.